The summed E-state index contributed by atoms with van der Waals surface area (Å²) in [5, 5.41) is 9.99. The Morgan fingerprint density at radius 2 is 1.68 bits per heavy atom. The van der Waals surface area contributed by atoms with Gasteiger partial charge < -0.3 is 26.4 Å². The van der Waals surface area contributed by atoms with Crippen molar-refractivity contribution in [3.8, 4) is 0 Å². The standard InChI is InChI=1S/C17H34N4O4/c1-6-8-14(22)20(4)12(9-7-10-18)16(24)21(5)13(15(19)23)11-17(2,3)25/h12-13,25H,6-11,18H2,1-5H3,(H2,19,23)/t12-,13+/m1/s1. The molecular weight excluding hydrogens is 324 g/mol. The lowest BCUT2D eigenvalue weighted by Crippen LogP contribution is -2.55. The van der Waals surface area contributed by atoms with Crippen molar-refractivity contribution in [3.05, 3.63) is 0 Å². The van der Waals surface area contributed by atoms with E-state index >= 15 is 0 Å². The first-order valence-corrected chi connectivity index (χ1v) is 8.70. The quantitative estimate of drug-likeness (QED) is 0.472. The SMILES string of the molecule is CCCC(=O)N(C)[C@H](CCCN)C(=O)N(C)[C@@H](CC(C)(C)O)C(N)=O. The van der Waals surface area contributed by atoms with E-state index in [-0.39, 0.29) is 18.2 Å². The fourth-order valence-corrected chi connectivity index (χ4v) is 2.65. The van der Waals surface area contributed by atoms with E-state index in [1.54, 1.807) is 20.9 Å². The van der Waals surface area contributed by atoms with Crippen LogP contribution >= 0.6 is 0 Å². The normalized spacial score (nSPS) is 13.9. The van der Waals surface area contributed by atoms with E-state index in [1.807, 2.05) is 6.92 Å². The fraction of sp³-hybridized carbons (Fsp3) is 0.824. The van der Waals surface area contributed by atoms with Gasteiger partial charge in [-0.1, -0.05) is 6.92 Å². The van der Waals surface area contributed by atoms with Crippen LogP contribution in [0.2, 0.25) is 0 Å². The number of rotatable bonds is 11. The number of nitrogens with two attached hydrogens (primary N) is 2. The minimum Gasteiger partial charge on any atom is -0.390 e. The van der Waals surface area contributed by atoms with Gasteiger partial charge in [-0.05, 0) is 39.7 Å². The number of carbonyl (C=O) groups excluding carboxylic acids is 3. The molecule has 0 aliphatic heterocycles. The molecule has 0 aromatic carbocycles. The molecule has 0 rings (SSSR count). The number of primary amides is 1. The summed E-state index contributed by atoms with van der Waals surface area (Å²) in [6, 6.07) is -1.67. The highest BCUT2D eigenvalue weighted by molar-refractivity contribution is 5.91. The first-order chi connectivity index (χ1) is 11.5. The van der Waals surface area contributed by atoms with E-state index in [1.165, 1.54) is 16.8 Å². The first-order valence-electron chi connectivity index (χ1n) is 8.70. The molecule has 0 aliphatic carbocycles. The minimum atomic E-state index is -1.16. The van der Waals surface area contributed by atoms with Crippen LogP contribution in [0.25, 0.3) is 0 Å². The molecule has 3 amide bonds. The summed E-state index contributed by atoms with van der Waals surface area (Å²) in [6.07, 6.45) is 2.01. The first kappa shape index (κ1) is 23.3. The third kappa shape index (κ3) is 7.83. The predicted molar refractivity (Wildman–Crippen MR) is 96.4 cm³/mol. The number of aliphatic hydroxyl groups is 1. The van der Waals surface area contributed by atoms with E-state index in [0.717, 1.165) is 0 Å². The zero-order valence-electron chi connectivity index (χ0n) is 16.1. The van der Waals surface area contributed by atoms with Crippen LogP contribution in [-0.4, -0.2) is 71.0 Å². The summed E-state index contributed by atoms with van der Waals surface area (Å²) in [5.41, 5.74) is 9.80. The summed E-state index contributed by atoms with van der Waals surface area (Å²) in [7, 11) is 3.05. The van der Waals surface area contributed by atoms with Crippen molar-refractivity contribution in [3.63, 3.8) is 0 Å². The van der Waals surface area contributed by atoms with Crippen LogP contribution in [0.3, 0.4) is 0 Å². The highest BCUT2D eigenvalue weighted by Gasteiger charge is 2.35. The van der Waals surface area contributed by atoms with Crippen LogP contribution in [0.1, 0.15) is 52.9 Å². The summed E-state index contributed by atoms with van der Waals surface area (Å²) in [4.78, 5) is 39.6. The molecule has 0 spiro atoms. The second-order valence-corrected chi connectivity index (χ2v) is 7.09. The third-order valence-electron chi connectivity index (χ3n) is 4.13. The Bertz CT molecular complexity index is 462. The lowest BCUT2D eigenvalue weighted by Gasteiger charge is -2.35. The lowest BCUT2D eigenvalue weighted by molar-refractivity contribution is -0.148. The zero-order valence-corrected chi connectivity index (χ0v) is 16.1. The third-order valence-corrected chi connectivity index (χ3v) is 4.13. The molecule has 2 atom stereocenters. The van der Waals surface area contributed by atoms with E-state index in [0.29, 0.717) is 32.2 Å². The second kappa shape index (κ2) is 10.4. The zero-order chi connectivity index (χ0) is 19.8. The molecule has 0 heterocycles. The maximum absolute atomic E-state index is 12.9. The van der Waals surface area contributed by atoms with Crippen LogP contribution in [0, 0.1) is 0 Å². The Kier molecular flexibility index (Phi) is 9.66. The van der Waals surface area contributed by atoms with Gasteiger partial charge in [0, 0.05) is 26.9 Å². The molecule has 25 heavy (non-hydrogen) atoms. The van der Waals surface area contributed by atoms with Gasteiger partial charge in [0.15, 0.2) is 0 Å². The molecule has 0 bridgehead atoms. The van der Waals surface area contributed by atoms with Gasteiger partial charge in [-0.3, -0.25) is 14.4 Å². The Morgan fingerprint density at radius 3 is 2.08 bits per heavy atom. The molecular formula is C17H34N4O4. The van der Waals surface area contributed by atoms with E-state index in [4.69, 9.17) is 11.5 Å². The average molecular weight is 358 g/mol. The van der Waals surface area contributed by atoms with Gasteiger partial charge in [-0.15, -0.1) is 0 Å². The summed E-state index contributed by atoms with van der Waals surface area (Å²) in [5.74, 6) is -1.21. The van der Waals surface area contributed by atoms with Gasteiger partial charge in [0.25, 0.3) is 0 Å². The molecule has 0 fully saturated rings. The van der Waals surface area contributed by atoms with Gasteiger partial charge >= 0.3 is 0 Å². The van der Waals surface area contributed by atoms with Crippen molar-refractivity contribution in [1.82, 2.24) is 9.80 Å². The van der Waals surface area contributed by atoms with Crippen molar-refractivity contribution in [2.75, 3.05) is 20.6 Å². The van der Waals surface area contributed by atoms with Gasteiger partial charge in [0.1, 0.15) is 12.1 Å². The number of likely N-dealkylation sites (N-methyl/N-ethyl adjacent to an activating group) is 2. The molecule has 0 unspecified atom stereocenters. The molecule has 5 N–H and O–H groups in total. The summed E-state index contributed by atoms with van der Waals surface area (Å²) < 4.78 is 0. The van der Waals surface area contributed by atoms with Crippen molar-refractivity contribution in [2.24, 2.45) is 11.5 Å². The van der Waals surface area contributed by atoms with E-state index in [9.17, 15) is 19.5 Å². The molecule has 8 nitrogen and oxygen atoms in total. The maximum Gasteiger partial charge on any atom is 0.245 e. The average Bonchev–Trinajstić information content (AvgIpc) is 2.50. The fourth-order valence-electron chi connectivity index (χ4n) is 2.65. The Balaban J connectivity index is 5.43. The summed E-state index contributed by atoms with van der Waals surface area (Å²) >= 11 is 0. The molecule has 8 heteroatoms. The molecule has 0 aromatic heterocycles. The largest absolute Gasteiger partial charge is 0.390 e. The Labute approximate surface area is 150 Å². The number of amides is 3. The van der Waals surface area contributed by atoms with Gasteiger partial charge in [-0.25, -0.2) is 0 Å². The van der Waals surface area contributed by atoms with E-state index < -0.39 is 23.6 Å². The lowest BCUT2D eigenvalue weighted by atomic mass is 9.96. The Morgan fingerprint density at radius 1 is 1.12 bits per heavy atom. The molecule has 0 aromatic rings. The topological polar surface area (TPSA) is 130 Å². The molecule has 0 radical (unpaired) electrons. The highest BCUT2D eigenvalue weighted by Crippen LogP contribution is 2.18. The second-order valence-electron chi connectivity index (χ2n) is 7.09. The van der Waals surface area contributed by atoms with Crippen LogP contribution in [0.5, 0.6) is 0 Å². The van der Waals surface area contributed by atoms with Crippen LogP contribution in [0.4, 0.5) is 0 Å². The number of hydrogen-bond acceptors (Lipinski definition) is 5. The van der Waals surface area contributed by atoms with Gasteiger partial charge in [-0.2, -0.15) is 0 Å². The molecule has 146 valence electrons. The molecule has 0 saturated carbocycles. The van der Waals surface area contributed by atoms with Crippen molar-refractivity contribution in [2.45, 2.75) is 70.6 Å². The molecule has 0 saturated heterocycles. The van der Waals surface area contributed by atoms with Crippen molar-refractivity contribution in [1.29, 1.82) is 0 Å². The van der Waals surface area contributed by atoms with Gasteiger partial charge in [0.2, 0.25) is 17.7 Å². The Hall–Kier alpha value is -1.67. The predicted octanol–water partition coefficient (Wildman–Crippen LogP) is -0.174. The summed E-state index contributed by atoms with van der Waals surface area (Å²) in [6.45, 7) is 5.38. The van der Waals surface area contributed by atoms with Crippen LogP contribution in [-0.2, 0) is 14.4 Å². The minimum absolute atomic E-state index is 0.0147. The highest BCUT2D eigenvalue weighted by atomic mass is 16.3. The van der Waals surface area contributed by atoms with Crippen LogP contribution < -0.4 is 11.5 Å². The van der Waals surface area contributed by atoms with Crippen LogP contribution in [0.15, 0.2) is 0 Å². The smallest absolute Gasteiger partial charge is 0.245 e. The maximum atomic E-state index is 12.9. The number of carbonyl (C=O) groups is 3. The van der Waals surface area contributed by atoms with Crippen molar-refractivity contribution >= 4 is 17.7 Å². The van der Waals surface area contributed by atoms with Crippen molar-refractivity contribution < 1.29 is 19.5 Å². The monoisotopic (exact) mass is 358 g/mol. The van der Waals surface area contributed by atoms with Gasteiger partial charge in [0.05, 0.1) is 5.60 Å². The number of nitrogens with zero attached hydrogens (tertiary/aromatic N) is 2. The number of hydrogen-bond donors (Lipinski definition) is 3. The van der Waals surface area contributed by atoms with E-state index in [2.05, 4.69) is 0 Å². The molecule has 0 aliphatic rings.